The normalized spacial score (nSPS) is 13.8. The summed E-state index contributed by atoms with van der Waals surface area (Å²) in [7, 11) is 0. The standard InChI is InChI=1S/C10H10ClNO5/c11-5-2-1-3-6(4-5)12-9(15)7(13)8(14)10(16)17/h1-4,7-8,13-14H,(H,12,15)(H,16,17). The van der Waals surface area contributed by atoms with E-state index in [2.05, 4.69) is 5.32 Å². The molecule has 6 nitrogen and oxygen atoms in total. The first-order chi connectivity index (χ1) is 7.91. The monoisotopic (exact) mass is 259 g/mol. The summed E-state index contributed by atoms with van der Waals surface area (Å²) in [6.07, 6.45) is -4.22. The van der Waals surface area contributed by atoms with Crippen molar-refractivity contribution in [2.45, 2.75) is 12.2 Å². The largest absolute Gasteiger partial charge is 0.479 e. The third-order valence-corrected chi connectivity index (χ3v) is 2.15. The Morgan fingerprint density at radius 3 is 2.41 bits per heavy atom. The summed E-state index contributed by atoms with van der Waals surface area (Å²) in [5.41, 5.74) is 0.291. The maximum absolute atomic E-state index is 11.3. The second-order valence-electron chi connectivity index (χ2n) is 3.23. The van der Waals surface area contributed by atoms with Crippen LogP contribution in [0.3, 0.4) is 0 Å². The van der Waals surface area contributed by atoms with Crippen LogP contribution in [0.1, 0.15) is 0 Å². The fraction of sp³-hybridized carbons (Fsp3) is 0.200. The Bertz CT molecular complexity index is 436. The molecule has 0 saturated heterocycles. The molecule has 0 aromatic heterocycles. The lowest BCUT2D eigenvalue weighted by molar-refractivity contribution is -0.156. The quantitative estimate of drug-likeness (QED) is 0.613. The Hall–Kier alpha value is -1.63. The molecule has 0 bridgehead atoms. The van der Waals surface area contributed by atoms with Gasteiger partial charge in [0.2, 0.25) is 0 Å². The molecule has 2 atom stereocenters. The molecular weight excluding hydrogens is 250 g/mol. The van der Waals surface area contributed by atoms with Crippen LogP contribution in [0, 0.1) is 0 Å². The summed E-state index contributed by atoms with van der Waals surface area (Å²) in [6, 6.07) is 6.07. The number of anilines is 1. The highest BCUT2D eigenvalue weighted by molar-refractivity contribution is 6.30. The number of amides is 1. The van der Waals surface area contributed by atoms with Crippen LogP contribution in [0.2, 0.25) is 5.02 Å². The first-order valence-corrected chi connectivity index (χ1v) is 4.95. The zero-order valence-electron chi connectivity index (χ0n) is 8.50. The van der Waals surface area contributed by atoms with E-state index in [0.29, 0.717) is 10.7 Å². The lowest BCUT2D eigenvalue weighted by Crippen LogP contribution is -2.42. The van der Waals surface area contributed by atoms with Crippen LogP contribution < -0.4 is 5.32 Å². The molecule has 0 spiro atoms. The van der Waals surface area contributed by atoms with Gasteiger partial charge in [-0.2, -0.15) is 0 Å². The number of carbonyl (C=O) groups is 2. The Balaban J connectivity index is 2.69. The predicted octanol–water partition coefficient (Wildman–Crippen LogP) is 0.0849. The summed E-state index contributed by atoms with van der Waals surface area (Å²) in [4.78, 5) is 21.7. The molecule has 0 radical (unpaired) electrons. The molecule has 4 N–H and O–H groups in total. The van der Waals surface area contributed by atoms with Gasteiger partial charge in [-0.25, -0.2) is 4.79 Å². The van der Waals surface area contributed by atoms with Crippen LogP contribution in [-0.2, 0) is 9.59 Å². The first-order valence-electron chi connectivity index (χ1n) is 4.57. The van der Waals surface area contributed by atoms with Gasteiger partial charge in [-0.05, 0) is 18.2 Å². The second kappa shape index (κ2) is 5.62. The van der Waals surface area contributed by atoms with Gasteiger partial charge in [-0.1, -0.05) is 17.7 Å². The van der Waals surface area contributed by atoms with Crippen molar-refractivity contribution in [3.63, 3.8) is 0 Å². The maximum Gasteiger partial charge on any atom is 0.335 e. The minimum Gasteiger partial charge on any atom is -0.479 e. The van der Waals surface area contributed by atoms with E-state index >= 15 is 0 Å². The number of aliphatic carboxylic acids is 1. The van der Waals surface area contributed by atoms with Gasteiger partial charge < -0.3 is 20.6 Å². The van der Waals surface area contributed by atoms with Crippen molar-refractivity contribution in [2.24, 2.45) is 0 Å². The van der Waals surface area contributed by atoms with Gasteiger partial charge in [0.05, 0.1) is 0 Å². The number of aliphatic hydroxyl groups is 2. The summed E-state index contributed by atoms with van der Waals surface area (Å²) in [6.45, 7) is 0. The SMILES string of the molecule is O=C(O)C(O)C(O)C(=O)Nc1cccc(Cl)c1. The van der Waals surface area contributed by atoms with Crippen LogP contribution in [-0.4, -0.2) is 39.4 Å². The van der Waals surface area contributed by atoms with Crippen molar-refractivity contribution in [2.75, 3.05) is 5.32 Å². The van der Waals surface area contributed by atoms with Crippen LogP contribution in [0.5, 0.6) is 0 Å². The molecule has 0 heterocycles. The Morgan fingerprint density at radius 2 is 1.88 bits per heavy atom. The van der Waals surface area contributed by atoms with Crippen LogP contribution in [0.4, 0.5) is 5.69 Å². The molecule has 17 heavy (non-hydrogen) atoms. The highest BCUT2D eigenvalue weighted by atomic mass is 35.5. The third-order valence-electron chi connectivity index (χ3n) is 1.91. The summed E-state index contributed by atoms with van der Waals surface area (Å²) < 4.78 is 0. The number of carboxylic acid groups (broad SMARTS) is 1. The first kappa shape index (κ1) is 13.4. The Labute approximate surface area is 101 Å². The summed E-state index contributed by atoms with van der Waals surface area (Å²) in [5, 5.41) is 29.2. The predicted molar refractivity (Wildman–Crippen MR) is 59.7 cm³/mol. The van der Waals surface area contributed by atoms with Crippen molar-refractivity contribution in [3.8, 4) is 0 Å². The zero-order chi connectivity index (χ0) is 13.0. The molecule has 1 aromatic carbocycles. The van der Waals surface area contributed by atoms with Crippen molar-refractivity contribution in [1.29, 1.82) is 0 Å². The van der Waals surface area contributed by atoms with Gasteiger partial charge in [-0.15, -0.1) is 0 Å². The molecule has 1 amide bonds. The number of carboxylic acids is 1. The summed E-state index contributed by atoms with van der Waals surface area (Å²) in [5.74, 6) is -2.71. The van der Waals surface area contributed by atoms with E-state index in [1.165, 1.54) is 12.1 Å². The molecule has 1 rings (SSSR count). The van der Waals surface area contributed by atoms with Crippen molar-refractivity contribution >= 4 is 29.2 Å². The second-order valence-corrected chi connectivity index (χ2v) is 3.66. The van der Waals surface area contributed by atoms with E-state index in [1.54, 1.807) is 12.1 Å². The highest BCUT2D eigenvalue weighted by Gasteiger charge is 2.29. The van der Waals surface area contributed by atoms with Gasteiger partial charge in [0.15, 0.2) is 12.2 Å². The van der Waals surface area contributed by atoms with E-state index in [1.807, 2.05) is 0 Å². The fourth-order valence-electron chi connectivity index (χ4n) is 1.06. The van der Waals surface area contributed by atoms with Crippen LogP contribution >= 0.6 is 11.6 Å². The molecule has 0 aliphatic rings. The number of carbonyl (C=O) groups excluding carboxylic acids is 1. The molecule has 0 aliphatic carbocycles. The summed E-state index contributed by atoms with van der Waals surface area (Å²) >= 11 is 5.66. The maximum atomic E-state index is 11.3. The number of nitrogens with one attached hydrogen (secondary N) is 1. The number of benzene rings is 1. The minimum absolute atomic E-state index is 0.291. The number of rotatable bonds is 4. The van der Waals surface area contributed by atoms with Crippen LogP contribution in [0.25, 0.3) is 0 Å². The fourth-order valence-corrected chi connectivity index (χ4v) is 1.25. The zero-order valence-corrected chi connectivity index (χ0v) is 9.26. The molecule has 92 valence electrons. The van der Waals surface area contributed by atoms with E-state index in [-0.39, 0.29) is 0 Å². The third kappa shape index (κ3) is 3.70. The number of hydrogen-bond donors (Lipinski definition) is 4. The Morgan fingerprint density at radius 1 is 1.24 bits per heavy atom. The molecule has 0 fully saturated rings. The van der Waals surface area contributed by atoms with Gasteiger partial charge in [0.1, 0.15) is 0 Å². The lowest BCUT2D eigenvalue weighted by atomic mass is 10.2. The van der Waals surface area contributed by atoms with E-state index in [4.69, 9.17) is 21.8 Å². The van der Waals surface area contributed by atoms with Crippen molar-refractivity contribution in [3.05, 3.63) is 29.3 Å². The molecule has 7 heteroatoms. The molecular formula is C10H10ClNO5. The van der Waals surface area contributed by atoms with E-state index in [9.17, 15) is 14.7 Å². The van der Waals surface area contributed by atoms with Crippen LogP contribution in [0.15, 0.2) is 24.3 Å². The topological polar surface area (TPSA) is 107 Å². The van der Waals surface area contributed by atoms with E-state index in [0.717, 1.165) is 0 Å². The average Bonchev–Trinajstić information content (AvgIpc) is 2.26. The van der Waals surface area contributed by atoms with Crippen molar-refractivity contribution < 1.29 is 24.9 Å². The lowest BCUT2D eigenvalue weighted by Gasteiger charge is -2.13. The number of hydrogen-bond acceptors (Lipinski definition) is 4. The van der Waals surface area contributed by atoms with Gasteiger partial charge in [0, 0.05) is 10.7 Å². The van der Waals surface area contributed by atoms with Gasteiger partial charge in [0.25, 0.3) is 5.91 Å². The highest BCUT2D eigenvalue weighted by Crippen LogP contribution is 2.15. The van der Waals surface area contributed by atoms with E-state index < -0.39 is 24.1 Å². The van der Waals surface area contributed by atoms with Crippen molar-refractivity contribution in [1.82, 2.24) is 0 Å². The molecule has 2 unspecified atom stereocenters. The molecule has 0 saturated carbocycles. The number of aliphatic hydroxyl groups excluding tert-OH is 2. The molecule has 1 aromatic rings. The minimum atomic E-state index is -2.17. The van der Waals surface area contributed by atoms with Gasteiger partial charge in [-0.3, -0.25) is 4.79 Å². The average molecular weight is 260 g/mol. The Kier molecular flexibility index (Phi) is 4.45. The molecule has 0 aliphatic heterocycles. The number of halogens is 1. The van der Waals surface area contributed by atoms with Gasteiger partial charge >= 0.3 is 5.97 Å². The smallest absolute Gasteiger partial charge is 0.335 e.